The van der Waals surface area contributed by atoms with Crippen LogP contribution < -0.4 is 29.6 Å². The summed E-state index contributed by atoms with van der Waals surface area (Å²) in [6.07, 6.45) is 4.11. The van der Waals surface area contributed by atoms with Crippen molar-refractivity contribution >= 4 is 11.5 Å². The van der Waals surface area contributed by atoms with Crippen LogP contribution in [0.2, 0.25) is 0 Å². The van der Waals surface area contributed by atoms with Crippen molar-refractivity contribution in [2.45, 2.75) is 58.2 Å². The van der Waals surface area contributed by atoms with E-state index >= 15 is 0 Å². The maximum absolute atomic E-state index is 13.3. The van der Waals surface area contributed by atoms with Gasteiger partial charge in [0.2, 0.25) is 0 Å². The van der Waals surface area contributed by atoms with Gasteiger partial charge in [-0.25, -0.2) is 4.39 Å². The zero-order valence-corrected chi connectivity index (χ0v) is 18.9. The van der Waals surface area contributed by atoms with E-state index in [1.807, 2.05) is 6.08 Å². The Morgan fingerprint density at radius 2 is 1.89 bits per heavy atom. The molecule has 0 radical (unpaired) electrons. The number of hydrogen-bond donors (Lipinski definition) is 3. The predicted molar refractivity (Wildman–Crippen MR) is 105 cm³/mol. The predicted octanol–water partition coefficient (Wildman–Crippen LogP) is 1.29. The summed E-state index contributed by atoms with van der Waals surface area (Å²) in [6, 6.07) is 6.49. The number of aliphatic hydroxyl groups is 2. The summed E-state index contributed by atoms with van der Waals surface area (Å²) in [5, 5.41) is 28.6. The van der Waals surface area contributed by atoms with E-state index in [1.165, 1.54) is 12.1 Å². The van der Waals surface area contributed by atoms with E-state index in [9.17, 15) is 19.4 Å². The molecule has 0 saturated heterocycles. The molecule has 0 saturated carbocycles. The van der Waals surface area contributed by atoms with Crippen molar-refractivity contribution in [3.8, 4) is 0 Å². The molecule has 4 atom stereocenters. The zero-order valence-electron chi connectivity index (χ0n) is 17.9. The van der Waals surface area contributed by atoms with Gasteiger partial charge in [-0.3, -0.25) is 4.79 Å². The van der Waals surface area contributed by atoms with Crippen molar-refractivity contribution in [2.24, 2.45) is 11.8 Å². The summed E-state index contributed by atoms with van der Waals surface area (Å²) in [7, 11) is 0. The van der Waals surface area contributed by atoms with Crippen LogP contribution in [0, 0.1) is 17.7 Å². The fourth-order valence-corrected chi connectivity index (χ4v) is 3.61. The minimum atomic E-state index is -1.09. The van der Waals surface area contributed by atoms with Crippen LogP contribution in [0.25, 0.3) is 5.57 Å². The number of carbonyl (C=O) groups is 1. The normalized spacial score (nSPS) is 22.5. The number of carboxylic acids is 1. The number of carboxylic acid groups (broad SMARTS) is 1. The van der Waals surface area contributed by atoms with Gasteiger partial charge >= 0.3 is 35.5 Å². The molecule has 0 amide bonds. The average Bonchev–Trinajstić information content (AvgIpc) is 2.72. The first kappa shape index (κ1) is 25.1. The van der Waals surface area contributed by atoms with Crippen molar-refractivity contribution in [3.63, 3.8) is 0 Å². The first-order valence-electron chi connectivity index (χ1n) is 9.51. The second kappa shape index (κ2) is 11.9. The van der Waals surface area contributed by atoms with Crippen molar-refractivity contribution < 1.29 is 55.5 Å². The molecule has 0 fully saturated rings. The Hall–Kier alpha value is -0.980. The number of halogens is 1. The molecular weight excluding hydrogens is 370 g/mol. The molecule has 0 bridgehead atoms. The molecule has 6 heteroatoms. The summed E-state index contributed by atoms with van der Waals surface area (Å²) in [6.45, 7) is 4.35. The van der Waals surface area contributed by atoms with Gasteiger partial charge in [0.1, 0.15) is 5.82 Å². The molecule has 1 aromatic rings. The Balaban J connectivity index is 0.00000392. The van der Waals surface area contributed by atoms with E-state index in [0.29, 0.717) is 11.8 Å². The van der Waals surface area contributed by atoms with Crippen molar-refractivity contribution in [1.29, 1.82) is 0 Å². The Morgan fingerprint density at radius 3 is 2.50 bits per heavy atom. The van der Waals surface area contributed by atoms with Crippen molar-refractivity contribution in [1.82, 2.24) is 0 Å². The third-order valence-electron chi connectivity index (χ3n) is 5.14. The Labute approximate surface area is 189 Å². The third-order valence-corrected chi connectivity index (χ3v) is 5.14. The summed E-state index contributed by atoms with van der Waals surface area (Å²) in [4.78, 5) is 10.6. The quantitative estimate of drug-likeness (QED) is 0.603. The summed E-state index contributed by atoms with van der Waals surface area (Å²) in [5.41, 5.74) is 3.25. The van der Waals surface area contributed by atoms with Crippen LogP contribution in [0.1, 0.15) is 52.9 Å². The molecule has 1 aliphatic carbocycles. The van der Waals surface area contributed by atoms with Gasteiger partial charge in [-0.05, 0) is 59.9 Å². The largest absolute Gasteiger partial charge is 1.00 e. The number of allylic oxidation sites excluding steroid dienone is 3. The first-order chi connectivity index (χ1) is 12.8. The van der Waals surface area contributed by atoms with Gasteiger partial charge in [0, 0.05) is 6.42 Å². The van der Waals surface area contributed by atoms with Gasteiger partial charge in [0.05, 0.1) is 18.6 Å². The van der Waals surface area contributed by atoms with Crippen LogP contribution in [0.5, 0.6) is 0 Å². The summed E-state index contributed by atoms with van der Waals surface area (Å²) in [5.74, 6) is -0.552. The van der Waals surface area contributed by atoms with Crippen LogP contribution in [0.4, 0.5) is 4.39 Å². The van der Waals surface area contributed by atoms with Crippen molar-refractivity contribution in [2.75, 3.05) is 0 Å². The van der Waals surface area contributed by atoms with Crippen LogP contribution in [0.3, 0.4) is 0 Å². The molecule has 28 heavy (non-hydrogen) atoms. The van der Waals surface area contributed by atoms with E-state index < -0.39 is 18.2 Å². The molecule has 0 aromatic heterocycles. The smallest absolute Gasteiger partial charge is 1.00 e. The molecule has 1 aromatic carbocycles. The number of benzene rings is 1. The van der Waals surface area contributed by atoms with Crippen LogP contribution in [-0.2, 0) is 4.79 Å². The molecule has 0 heterocycles. The minimum Gasteiger partial charge on any atom is -1.00 e. The van der Waals surface area contributed by atoms with Gasteiger partial charge < -0.3 is 16.7 Å². The molecule has 3 N–H and O–H groups in total. The van der Waals surface area contributed by atoms with Gasteiger partial charge in [-0.1, -0.05) is 38.1 Å². The molecule has 0 aliphatic heterocycles. The van der Waals surface area contributed by atoms with E-state index in [4.69, 9.17) is 5.11 Å². The molecule has 0 spiro atoms. The van der Waals surface area contributed by atoms with Gasteiger partial charge in [0.25, 0.3) is 0 Å². The van der Waals surface area contributed by atoms with E-state index in [1.54, 1.807) is 18.2 Å². The topological polar surface area (TPSA) is 77.8 Å². The number of hydrogen-bond acceptors (Lipinski definition) is 3. The Kier molecular flexibility index (Phi) is 10.6. The molecule has 150 valence electrons. The van der Waals surface area contributed by atoms with E-state index in [-0.39, 0.29) is 49.6 Å². The summed E-state index contributed by atoms with van der Waals surface area (Å²) < 4.78 is 13.3. The SMILES string of the molecule is CC1CCC(C)C(C=CC(O)CC(O)CC(=O)O)=C(c2ccc(F)cc2)C1.[H-].[Na+]. The fraction of sp³-hybridized carbons (Fsp3) is 0.500. The van der Waals surface area contributed by atoms with E-state index in [0.717, 1.165) is 36.0 Å². The number of aliphatic carboxylic acids is 1. The van der Waals surface area contributed by atoms with Gasteiger partial charge in [-0.2, -0.15) is 0 Å². The second-order valence-corrected chi connectivity index (χ2v) is 7.64. The average molecular weight is 400 g/mol. The molecule has 4 nitrogen and oxygen atoms in total. The molecular formula is C22H30FNaO4. The van der Waals surface area contributed by atoms with Gasteiger partial charge in [-0.15, -0.1) is 0 Å². The molecule has 4 unspecified atom stereocenters. The third kappa shape index (κ3) is 7.80. The maximum Gasteiger partial charge on any atom is 1.00 e. The standard InChI is InChI=1S/C22H29FO4.Na.H/c1-14-3-4-15(2)20(10-9-18(24)12-19(25)13-22(26)27)21(11-14)16-5-7-17(23)8-6-16;;/h5-10,14-15,18-19,24-25H,3-4,11-13H2,1-2H3,(H,26,27);;/q;+1;-1. The first-order valence-corrected chi connectivity index (χ1v) is 9.51. The number of rotatable bonds is 7. The molecule has 1 aliphatic rings. The summed E-state index contributed by atoms with van der Waals surface area (Å²) >= 11 is 0. The van der Waals surface area contributed by atoms with Crippen LogP contribution in [-0.4, -0.2) is 33.5 Å². The molecule has 2 rings (SSSR count). The fourth-order valence-electron chi connectivity index (χ4n) is 3.61. The Morgan fingerprint density at radius 1 is 1.25 bits per heavy atom. The Bertz CT molecular complexity index is 705. The number of aliphatic hydroxyl groups excluding tert-OH is 2. The maximum atomic E-state index is 13.3. The monoisotopic (exact) mass is 400 g/mol. The van der Waals surface area contributed by atoms with Crippen LogP contribution in [0.15, 0.2) is 42.0 Å². The van der Waals surface area contributed by atoms with Gasteiger partial charge in [0.15, 0.2) is 0 Å². The second-order valence-electron chi connectivity index (χ2n) is 7.64. The van der Waals surface area contributed by atoms with E-state index in [2.05, 4.69) is 13.8 Å². The van der Waals surface area contributed by atoms with Crippen LogP contribution >= 0.6 is 0 Å². The minimum absolute atomic E-state index is 0. The van der Waals surface area contributed by atoms with Crippen molar-refractivity contribution in [3.05, 3.63) is 53.4 Å². The zero-order chi connectivity index (χ0) is 20.0.